The molecule has 0 spiro atoms. The van der Waals surface area contributed by atoms with Crippen LogP contribution in [0.4, 0.5) is 0 Å². The van der Waals surface area contributed by atoms with Gasteiger partial charge in [-0.25, -0.2) is 0 Å². The van der Waals surface area contributed by atoms with Gasteiger partial charge in [0, 0.05) is 19.5 Å². The van der Waals surface area contributed by atoms with Crippen LogP contribution in [-0.4, -0.2) is 78.0 Å². The fraction of sp³-hybridized carbons (Fsp3) is 0.667. The third kappa shape index (κ3) is 5.12. The number of ether oxygens (including phenoxy) is 1. The van der Waals surface area contributed by atoms with Crippen molar-refractivity contribution in [2.24, 2.45) is 5.73 Å². The number of piperazine rings is 1. The standard InChI is InChI=1S/C15H23N3O6/c1-9(19)6-11(16)14(22)18-5-4-17(8-10(2)20)15(23)12(18)7-13(21)24-3/h11-12H,4-8,16H2,1-3H3. The predicted molar refractivity (Wildman–Crippen MR) is 82.7 cm³/mol. The Morgan fingerprint density at radius 2 is 1.83 bits per heavy atom. The molecule has 2 unspecified atom stereocenters. The molecule has 2 atom stereocenters. The van der Waals surface area contributed by atoms with E-state index in [4.69, 9.17) is 5.73 Å². The summed E-state index contributed by atoms with van der Waals surface area (Å²) in [5.74, 6) is -2.19. The molecule has 0 aromatic rings. The summed E-state index contributed by atoms with van der Waals surface area (Å²) in [4.78, 5) is 61.5. The van der Waals surface area contributed by atoms with Crippen molar-refractivity contribution in [3.63, 3.8) is 0 Å². The summed E-state index contributed by atoms with van der Waals surface area (Å²) in [5, 5.41) is 0. The second kappa shape index (κ2) is 8.53. The van der Waals surface area contributed by atoms with Crippen molar-refractivity contribution in [2.45, 2.75) is 38.8 Å². The van der Waals surface area contributed by atoms with Gasteiger partial charge >= 0.3 is 5.97 Å². The van der Waals surface area contributed by atoms with Crippen molar-refractivity contribution in [2.75, 3.05) is 26.7 Å². The lowest BCUT2D eigenvalue weighted by molar-refractivity contribution is -0.157. The van der Waals surface area contributed by atoms with E-state index in [0.717, 1.165) is 0 Å². The zero-order valence-corrected chi connectivity index (χ0v) is 14.1. The highest BCUT2D eigenvalue weighted by atomic mass is 16.5. The van der Waals surface area contributed by atoms with Gasteiger partial charge in [-0.3, -0.25) is 24.0 Å². The van der Waals surface area contributed by atoms with E-state index in [1.54, 1.807) is 0 Å². The Balaban J connectivity index is 2.98. The van der Waals surface area contributed by atoms with Gasteiger partial charge < -0.3 is 20.3 Å². The van der Waals surface area contributed by atoms with E-state index in [1.807, 2.05) is 0 Å². The fourth-order valence-electron chi connectivity index (χ4n) is 2.58. The van der Waals surface area contributed by atoms with Crippen LogP contribution in [0.3, 0.4) is 0 Å². The number of rotatable bonds is 7. The topological polar surface area (TPSA) is 127 Å². The van der Waals surface area contributed by atoms with E-state index in [2.05, 4.69) is 4.74 Å². The summed E-state index contributed by atoms with van der Waals surface area (Å²) in [6.07, 6.45) is -0.478. The van der Waals surface area contributed by atoms with Crippen LogP contribution < -0.4 is 5.73 Å². The van der Waals surface area contributed by atoms with Crippen LogP contribution in [0.25, 0.3) is 0 Å². The Labute approximate surface area is 140 Å². The highest BCUT2D eigenvalue weighted by Gasteiger charge is 2.40. The van der Waals surface area contributed by atoms with Crippen molar-refractivity contribution in [3.05, 3.63) is 0 Å². The van der Waals surface area contributed by atoms with Crippen molar-refractivity contribution in [1.29, 1.82) is 0 Å². The number of methoxy groups -OCH3 is 1. The minimum atomic E-state index is -1.09. The summed E-state index contributed by atoms with van der Waals surface area (Å²) >= 11 is 0. The van der Waals surface area contributed by atoms with E-state index in [9.17, 15) is 24.0 Å². The van der Waals surface area contributed by atoms with Crippen molar-refractivity contribution in [3.8, 4) is 0 Å². The molecule has 0 aromatic heterocycles. The van der Waals surface area contributed by atoms with Gasteiger partial charge in [-0.15, -0.1) is 0 Å². The molecule has 1 saturated heterocycles. The van der Waals surface area contributed by atoms with E-state index in [-0.39, 0.29) is 44.0 Å². The number of ketones is 2. The third-order valence-electron chi connectivity index (χ3n) is 3.69. The molecular formula is C15H23N3O6. The van der Waals surface area contributed by atoms with Crippen molar-refractivity contribution >= 4 is 29.4 Å². The highest BCUT2D eigenvalue weighted by Crippen LogP contribution is 2.17. The smallest absolute Gasteiger partial charge is 0.308 e. The second-order valence-electron chi connectivity index (χ2n) is 5.80. The molecule has 1 aliphatic heterocycles. The Hall–Kier alpha value is -2.29. The van der Waals surface area contributed by atoms with Crippen LogP contribution in [0.1, 0.15) is 26.7 Å². The summed E-state index contributed by atoms with van der Waals surface area (Å²) in [6.45, 7) is 2.87. The zero-order valence-electron chi connectivity index (χ0n) is 14.1. The van der Waals surface area contributed by atoms with Crippen molar-refractivity contribution in [1.82, 2.24) is 9.80 Å². The molecule has 0 aromatic carbocycles. The molecule has 0 aliphatic carbocycles. The number of nitrogens with zero attached hydrogens (tertiary/aromatic N) is 2. The maximum Gasteiger partial charge on any atom is 0.308 e. The van der Waals surface area contributed by atoms with Gasteiger partial charge in [0.05, 0.1) is 26.1 Å². The Morgan fingerprint density at radius 1 is 1.21 bits per heavy atom. The van der Waals surface area contributed by atoms with Gasteiger partial charge in [-0.05, 0) is 13.8 Å². The number of carbonyl (C=O) groups excluding carboxylic acids is 5. The SMILES string of the molecule is COC(=O)CC1C(=O)N(CC(C)=O)CCN1C(=O)C(N)CC(C)=O. The lowest BCUT2D eigenvalue weighted by Gasteiger charge is -2.40. The largest absolute Gasteiger partial charge is 0.469 e. The first-order chi connectivity index (χ1) is 11.2. The van der Waals surface area contributed by atoms with Crippen LogP contribution in [0.2, 0.25) is 0 Å². The van der Waals surface area contributed by atoms with E-state index >= 15 is 0 Å². The average Bonchev–Trinajstić information content (AvgIpc) is 2.49. The van der Waals surface area contributed by atoms with Gasteiger partial charge in [-0.1, -0.05) is 0 Å². The monoisotopic (exact) mass is 341 g/mol. The molecule has 0 radical (unpaired) electrons. The average molecular weight is 341 g/mol. The van der Waals surface area contributed by atoms with E-state index in [1.165, 1.54) is 30.8 Å². The lowest BCUT2D eigenvalue weighted by atomic mass is 10.0. The molecule has 9 nitrogen and oxygen atoms in total. The molecule has 1 rings (SSSR count). The second-order valence-corrected chi connectivity index (χ2v) is 5.80. The molecule has 134 valence electrons. The maximum absolute atomic E-state index is 12.5. The highest BCUT2D eigenvalue weighted by molar-refractivity contribution is 5.96. The first-order valence-corrected chi connectivity index (χ1v) is 7.57. The molecule has 2 amide bonds. The molecular weight excluding hydrogens is 318 g/mol. The quantitative estimate of drug-likeness (QED) is 0.557. The van der Waals surface area contributed by atoms with Crippen LogP contribution in [0.5, 0.6) is 0 Å². The molecule has 9 heteroatoms. The number of hydrogen-bond donors (Lipinski definition) is 1. The first kappa shape index (κ1) is 19.8. The number of amides is 2. The number of Topliss-reactive ketones (excluding diaryl/α,β-unsaturated/α-hetero) is 2. The van der Waals surface area contributed by atoms with Crippen LogP contribution >= 0.6 is 0 Å². The van der Waals surface area contributed by atoms with Gasteiger partial charge in [0.15, 0.2) is 0 Å². The predicted octanol–water partition coefficient (Wildman–Crippen LogP) is -1.52. The number of esters is 1. The molecule has 2 N–H and O–H groups in total. The number of carbonyl (C=O) groups is 5. The van der Waals surface area contributed by atoms with Gasteiger partial charge in [-0.2, -0.15) is 0 Å². The normalized spacial score (nSPS) is 19.0. The Morgan fingerprint density at radius 3 is 2.33 bits per heavy atom. The lowest BCUT2D eigenvalue weighted by Crippen LogP contribution is -2.62. The maximum atomic E-state index is 12.5. The summed E-state index contributed by atoms with van der Waals surface area (Å²) in [5.41, 5.74) is 5.73. The molecule has 1 heterocycles. The molecule has 0 saturated carbocycles. The van der Waals surface area contributed by atoms with Crippen LogP contribution in [0, 0.1) is 0 Å². The third-order valence-corrected chi connectivity index (χ3v) is 3.69. The molecule has 24 heavy (non-hydrogen) atoms. The Kier molecular flexibility index (Phi) is 7.02. The number of nitrogens with two attached hydrogens (primary N) is 1. The zero-order chi connectivity index (χ0) is 18.4. The Bertz CT molecular complexity index is 547. The molecule has 1 fully saturated rings. The first-order valence-electron chi connectivity index (χ1n) is 7.57. The van der Waals surface area contributed by atoms with Crippen molar-refractivity contribution < 1.29 is 28.7 Å². The van der Waals surface area contributed by atoms with E-state index in [0.29, 0.717) is 0 Å². The fourth-order valence-corrected chi connectivity index (χ4v) is 2.58. The van der Waals surface area contributed by atoms with Gasteiger partial charge in [0.1, 0.15) is 17.6 Å². The summed E-state index contributed by atoms with van der Waals surface area (Å²) < 4.78 is 4.57. The minimum Gasteiger partial charge on any atom is -0.469 e. The summed E-state index contributed by atoms with van der Waals surface area (Å²) in [6, 6.07) is -2.16. The van der Waals surface area contributed by atoms with Gasteiger partial charge in [0.25, 0.3) is 0 Å². The van der Waals surface area contributed by atoms with E-state index < -0.39 is 29.9 Å². The minimum absolute atomic E-state index is 0.0853. The van der Waals surface area contributed by atoms with Crippen LogP contribution in [-0.2, 0) is 28.7 Å². The molecule has 0 bridgehead atoms. The molecule has 1 aliphatic rings. The van der Waals surface area contributed by atoms with Gasteiger partial charge in [0.2, 0.25) is 11.8 Å². The summed E-state index contributed by atoms with van der Waals surface area (Å²) in [7, 11) is 1.18. The van der Waals surface area contributed by atoms with Crippen LogP contribution in [0.15, 0.2) is 0 Å². The number of hydrogen-bond acceptors (Lipinski definition) is 7.